The predicted octanol–water partition coefficient (Wildman–Crippen LogP) is 3.44. The van der Waals surface area contributed by atoms with Crippen molar-refractivity contribution in [3.05, 3.63) is 34.3 Å². The van der Waals surface area contributed by atoms with Crippen molar-refractivity contribution < 1.29 is 0 Å². The minimum Gasteiger partial charge on any atom is -0.326 e. The lowest BCUT2D eigenvalue weighted by Gasteiger charge is -1.95. The molecule has 5 heteroatoms. The van der Waals surface area contributed by atoms with Crippen LogP contribution >= 0.6 is 22.7 Å². The molecule has 0 bridgehead atoms. The van der Waals surface area contributed by atoms with E-state index in [4.69, 9.17) is 5.73 Å². The van der Waals surface area contributed by atoms with Crippen molar-refractivity contribution in [1.82, 2.24) is 9.97 Å². The van der Waals surface area contributed by atoms with E-state index in [1.165, 1.54) is 9.58 Å². The Morgan fingerprint density at radius 2 is 2.28 bits per heavy atom. The molecule has 0 aliphatic rings. The van der Waals surface area contributed by atoms with E-state index >= 15 is 0 Å². The molecule has 0 amide bonds. The molecule has 0 saturated heterocycles. The fourth-order valence-corrected chi connectivity index (χ4v) is 3.70. The van der Waals surface area contributed by atoms with Crippen molar-refractivity contribution in [3.8, 4) is 10.6 Å². The van der Waals surface area contributed by atoms with Gasteiger partial charge in [0.1, 0.15) is 5.01 Å². The minimum atomic E-state index is 0.565. The number of nitrogens with two attached hydrogens (primary N) is 1. The number of aryl methyl sites for hydroxylation is 1. The number of fused-ring (bicyclic) bond motifs is 1. The molecule has 0 radical (unpaired) electrons. The van der Waals surface area contributed by atoms with Crippen molar-refractivity contribution >= 4 is 32.9 Å². The summed E-state index contributed by atoms with van der Waals surface area (Å²) >= 11 is 3.39. The lowest BCUT2D eigenvalue weighted by Crippen LogP contribution is -1.96. The average molecular weight is 275 g/mol. The van der Waals surface area contributed by atoms with Gasteiger partial charge >= 0.3 is 0 Å². The molecular weight excluding hydrogens is 262 g/mol. The molecule has 0 unspecified atom stereocenters. The maximum atomic E-state index is 5.75. The molecule has 3 aromatic rings. The Hall–Kier alpha value is -1.30. The first-order chi connectivity index (χ1) is 8.81. The highest BCUT2D eigenvalue weighted by molar-refractivity contribution is 7.17. The second-order valence-electron chi connectivity index (χ2n) is 3.97. The molecule has 0 saturated carbocycles. The van der Waals surface area contributed by atoms with Crippen LogP contribution in [0.1, 0.15) is 17.5 Å². The number of hydrogen-bond acceptors (Lipinski definition) is 5. The zero-order chi connectivity index (χ0) is 12.5. The third kappa shape index (κ3) is 1.94. The second kappa shape index (κ2) is 4.76. The summed E-state index contributed by atoms with van der Waals surface area (Å²) in [6.45, 7) is 2.67. The molecule has 0 aliphatic heterocycles. The van der Waals surface area contributed by atoms with E-state index in [0.717, 1.165) is 28.2 Å². The minimum absolute atomic E-state index is 0.565. The molecule has 92 valence electrons. The van der Waals surface area contributed by atoms with Crippen LogP contribution in [0.4, 0.5) is 0 Å². The molecule has 2 N–H and O–H groups in total. The van der Waals surface area contributed by atoms with Gasteiger partial charge in [0.25, 0.3) is 0 Å². The fraction of sp³-hybridized carbons (Fsp3) is 0.231. The summed E-state index contributed by atoms with van der Waals surface area (Å²) in [4.78, 5) is 10.3. The quantitative estimate of drug-likeness (QED) is 0.796. The number of nitrogens with zero attached hydrogens (tertiary/aromatic N) is 2. The van der Waals surface area contributed by atoms with Crippen LogP contribution in [-0.4, -0.2) is 9.97 Å². The zero-order valence-corrected chi connectivity index (χ0v) is 11.6. The van der Waals surface area contributed by atoms with Crippen LogP contribution in [0.2, 0.25) is 0 Å². The van der Waals surface area contributed by atoms with Gasteiger partial charge in [0.2, 0.25) is 0 Å². The van der Waals surface area contributed by atoms with Gasteiger partial charge in [-0.05, 0) is 23.9 Å². The summed E-state index contributed by atoms with van der Waals surface area (Å²) in [5, 5.41) is 3.08. The SMILES string of the molecule is CCc1nc(-c2cnc3ccsc3c2)sc1CN. The van der Waals surface area contributed by atoms with Crippen molar-refractivity contribution in [1.29, 1.82) is 0 Å². The molecule has 3 aromatic heterocycles. The van der Waals surface area contributed by atoms with Crippen LogP contribution in [0.3, 0.4) is 0 Å². The molecule has 3 nitrogen and oxygen atoms in total. The van der Waals surface area contributed by atoms with Crippen LogP contribution in [-0.2, 0) is 13.0 Å². The summed E-state index contributed by atoms with van der Waals surface area (Å²) < 4.78 is 1.20. The summed E-state index contributed by atoms with van der Waals surface area (Å²) in [5.74, 6) is 0. The summed E-state index contributed by atoms with van der Waals surface area (Å²) in [5.41, 5.74) is 9.00. The number of thiazole rings is 1. The first-order valence-corrected chi connectivity index (χ1v) is 7.53. The molecule has 3 rings (SSSR count). The highest BCUT2D eigenvalue weighted by atomic mass is 32.1. The Bertz CT molecular complexity index is 663. The summed E-state index contributed by atoms with van der Waals surface area (Å²) in [6.07, 6.45) is 2.82. The van der Waals surface area contributed by atoms with E-state index in [-0.39, 0.29) is 0 Å². The fourth-order valence-electron chi connectivity index (χ4n) is 1.91. The average Bonchev–Trinajstić information content (AvgIpc) is 3.03. The van der Waals surface area contributed by atoms with Crippen LogP contribution in [0.15, 0.2) is 23.7 Å². The Morgan fingerprint density at radius 3 is 3.00 bits per heavy atom. The van der Waals surface area contributed by atoms with Crippen LogP contribution in [0.25, 0.3) is 20.8 Å². The number of hydrogen-bond donors (Lipinski definition) is 1. The van der Waals surface area contributed by atoms with Gasteiger partial charge < -0.3 is 5.73 Å². The van der Waals surface area contributed by atoms with Gasteiger partial charge in [-0.25, -0.2) is 4.98 Å². The topological polar surface area (TPSA) is 51.8 Å². The second-order valence-corrected chi connectivity index (χ2v) is 6.01. The van der Waals surface area contributed by atoms with Crippen molar-refractivity contribution in [3.63, 3.8) is 0 Å². The highest BCUT2D eigenvalue weighted by Gasteiger charge is 2.11. The third-order valence-electron chi connectivity index (χ3n) is 2.85. The number of thiophene rings is 1. The zero-order valence-electron chi connectivity index (χ0n) is 10.0. The van der Waals surface area contributed by atoms with Gasteiger partial charge in [-0.3, -0.25) is 4.98 Å². The Balaban J connectivity index is 2.10. The van der Waals surface area contributed by atoms with Crippen molar-refractivity contribution in [2.75, 3.05) is 0 Å². The molecule has 0 fully saturated rings. The molecule has 0 aromatic carbocycles. The van der Waals surface area contributed by atoms with Gasteiger partial charge in [-0.1, -0.05) is 6.92 Å². The largest absolute Gasteiger partial charge is 0.326 e. The molecule has 3 heterocycles. The smallest absolute Gasteiger partial charge is 0.125 e. The Morgan fingerprint density at radius 1 is 1.39 bits per heavy atom. The lowest BCUT2D eigenvalue weighted by atomic mass is 10.2. The van der Waals surface area contributed by atoms with E-state index in [1.54, 1.807) is 22.7 Å². The van der Waals surface area contributed by atoms with Gasteiger partial charge in [-0.15, -0.1) is 22.7 Å². The van der Waals surface area contributed by atoms with E-state index in [0.29, 0.717) is 6.54 Å². The maximum Gasteiger partial charge on any atom is 0.125 e. The van der Waals surface area contributed by atoms with Crippen LogP contribution < -0.4 is 5.73 Å². The van der Waals surface area contributed by atoms with Crippen molar-refractivity contribution in [2.45, 2.75) is 19.9 Å². The highest BCUT2D eigenvalue weighted by Crippen LogP contribution is 2.30. The molecular formula is C13H13N3S2. The van der Waals surface area contributed by atoms with Crippen molar-refractivity contribution in [2.24, 2.45) is 5.73 Å². The molecule has 0 spiro atoms. The number of rotatable bonds is 3. The van der Waals surface area contributed by atoms with Gasteiger partial charge in [-0.2, -0.15) is 0 Å². The standard InChI is InChI=1S/C13H13N3S2/c1-2-9-12(6-14)18-13(16-9)8-5-11-10(15-7-8)3-4-17-11/h3-5,7H,2,6,14H2,1H3. The van der Waals surface area contributed by atoms with E-state index in [1.807, 2.05) is 12.3 Å². The van der Waals surface area contributed by atoms with E-state index in [2.05, 4.69) is 28.3 Å². The maximum absolute atomic E-state index is 5.75. The predicted molar refractivity (Wildman–Crippen MR) is 78.0 cm³/mol. The lowest BCUT2D eigenvalue weighted by molar-refractivity contribution is 0.989. The third-order valence-corrected chi connectivity index (χ3v) is 4.87. The van der Waals surface area contributed by atoms with Crippen LogP contribution in [0.5, 0.6) is 0 Å². The van der Waals surface area contributed by atoms with Crippen LogP contribution in [0, 0.1) is 0 Å². The van der Waals surface area contributed by atoms with Gasteiger partial charge in [0.15, 0.2) is 0 Å². The number of aromatic nitrogens is 2. The normalized spacial score (nSPS) is 11.2. The number of pyridine rings is 1. The first kappa shape index (κ1) is 11.8. The Labute approximate surface area is 113 Å². The summed E-state index contributed by atoms with van der Waals surface area (Å²) in [6, 6.07) is 4.19. The molecule has 0 atom stereocenters. The van der Waals surface area contributed by atoms with E-state index in [9.17, 15) is 0 Å². The molecule has 18 heavy (non-hydrogen) atoms. The molecule has 0 aliphatic carbocycles. The Kier molecular flexibility index (Phi) is 3.11. The first-order valence-electron chi connectivity index (χ1n) is 5.84. The van der Waals surface area contributed by atoms with E-state index < -0.39 is 0 Å². The monoisotopic (exact) mass is 275 g/mol. The van der Waals surface area contributed by atoms with Gasteiger partial charge in [0, 0.05) is 23.2 Å². The van der Waals surface area contributed by atoms with Gasteiger partial charge in [0.05, 0.1) is 15.9 Å². The summed E-state index contributed by atoms with van der Waals surface area (Å²) in [7, 11) is 0.